The van der Waals surface area contributed by atoms with Gasteiger partial charge in [-0.25, -0.2) is 0 Å². The number of rotatable bonds is 3. The molecule has 0 bridgehead atoms. The molecular formula is C8H15NO. The van der Waals surface area contributed by atoms with Crippen molar-refractivity contribution < 1.29 is 4.79 Å². The number of carbonyl (C=O) groups is 1. The van der Waals surface area contributed by atoms with Gasteiger partial charge in [-0.1, -0.05) is 6.92 Å². The molecule has 1 aliphatic carbocycles. The van der Waals surface area contributed by atoms with Crippen LogP contribution >= 0.6 is 0 Å². The van der Waals surface area contributed by atoms with Crippen LogP contribution in [0.2, 0.25) is 0 Å². The lowest BCUT2D eigenvalue weighted by Crippen LogP contribution is -2.30. The number of Topliss-reactive ketones (excluding diaryl/α,β-unsaturated/α-hetero) is 1. The smallest absolute Gasteiger partial charge is 0.137 e. The fraction of sp³-hybridized carbons (Fsp3) is 0.875. The van der Waals surface area contributed by atoms with Gasteiger partial charge in [-0.05, 0) is 19.9 Å². The molecule has 0 radical (unpaired) electrons. The Hall–Kier alpha value is -0.370. The largest absolute Gasteiger partial charge is 0.317 e. The molecule has 1 aliphatic rings. The second kappa shape index (κ2) is 2.70. The first-order valence-corrected chi connectivity index (χ1v) is 3.86. The third-order valence-electron chi connectivity index (χ3n) is 2.55. The molecule has 0 amide bonds. The Morgan fingerprint density at radius 1 is 1.60 bits per heavy atom. The fourth-order valence-electron chi connectivity index (χ4n) is 1.25. The van der Waals surface area contributed by atoms with Crippen LogP contribution in [0.1, 0.15) is 20.3 Å². The maximum atomic E-state index is 10.7. The molecule has 1 fully saturated rings. The number of carbonyl (C=O) groups excluding carboxylic acids is 1. The molecule has 58 valence electrons. The number of nitrogens with one attached hydrogen (secondary N) is 1. The van der Waals surface area contributed by atoms with Crippen molar-refractivity contribution in [1.29, 1.82) is 0 Å². The van der Waals surface area contributed by atoms with E-state index >= 15 is 0 Å². The second-order valence-electron chi connectivity index (χ2n) is 3.21. The summed E-state index contributed by atoms with van der Waals surface area (Å²) in [6, 6.07) is 0.469. The number of ketones is 1. The van der Waals surface area contributed by atoms with Gasteiger partial charge in [-0.15, -0.1) is 0 Å². The highest BCUT2D eigenvalue weighted by Crippen LogP contribution is 2.33. The highest BCUT2D eigenvalue weighted by molar-refractivity contribution is 5.96. The highest BCUT2D eigenvalue weighted by atomic mass is 16.1. The summed E-state index contributed by atoms with van der Waals surface area (Å²) < 4.78 is 0. The molecule has 1 rings (SSSR count). The summed E-state index contributed by atoms with van der Waals surface area (Å²) >= 11 is 0. The van der Waals surface area contributed by atoms with E-state index in [2.05, 4.69) is 19.2 Å². The third kappa shape index (κ3) is 1.37. The van der Waals surface area contributed by atoms with Gasteiger partial charge >= 0.3 is 0 Å². The van der Waals surface area contributed by atoms with Crippen molar-refractivity contribution in [3.63, 3.8) is 0 Å². The SMILES string of the molecule is CNC(C)C(C)C1CC1=O. The quantitative estimate of drug-likeness (QED) is 0.630. The van der Waals surface area contributed by atoms with Crippen LogP contribution in [-0.4, -0.2) is 18.9 Å². The van der Waals surface area contributed by atoms with Gasteiger partial charge in [-0.2, -0.15) is 0 Å². The van der Waals surface area contributed by atoms with E-state index in [0.29, 0.717) is 23.7 Å². The van der Waals surface area contributed by atoms with E-state index in [-0.39, 0.29) is 0 Å². The molecule has 0 spiro atoms. The van der Waals surface area contributed by atoms with Crippen LogP contribution in [0, 0.1) is 11.8 Å². The van der Waals surface area contributed by atoms with Crippen LogP contribution in [0.25, 0.3) is 0 Å². The topological polar surface area (TPSA) is 29.1 Å². The van der Waals surface area contributed by atoms with E-state index in [1.54, 1.807) is 0 Å². The van der Waals surface area contributed by atoms with Gasteiger partial charge in [0.2, 0.25) is 0 Å². The minimum Gasteiger partial charge on any atom is -0.317 e. The normalized spacial score (nSPS) is 29.9. The molecule has 10 heavy (non-hydrogen) atoms. The molecule has 1 saturated carbocycles. The lowest BCUT2D eigenvalue weighted by Gasteiger charge is -2.16. The summed E-state index contributed by atoms with van der Waals surface area (Å²) in [6.07, 6.45) is 0.813. The lowest BCUT2D eigenvalue weighted by molar-refractivity contribution is -0.111. The Morgan fingerprint density at radius 3 is 2.40 bits per heavy atom. The van der Waals surface area contributed by atoms with Crippen LogP contribution < -0.4 is 5.32 Å². The van der Waals surface area contributed by atoms with Crippen LogP contribution in [0.5, 0.6) is 0 Å². The van der Waals surface area contributed by atoms with Gasteiger partial charge in [0, 0.05) is 18.4 Å². The minimum absolute atomic E-state index is 0.363. The van der Waals surface area contributed by atoms with Crippen molar-refractivity contribution in [2.45, 2.75) is 26.3 Å². The van der Waals surface area contributed by atoms with E-state index < -0.39 is 0 Å². The third-order valence-corrected chi connectivity index (χ3v) is 2.55. The minimum atomic E-state index is 0.363. The molecular weight excluding hydrogens is 126 g/mol. The fourth-order valence-corrected chi connectivity index (χ4v) is 1.25. The molecule has 0 aliphatic heterocycles. The van der Waals surface area contributed by atoms with Gasteiger partial charge in [0.1, 0.15) is 5.78 Å². The average Bonchev–Trinajstić information content (AvgIpc) is 2.63. The molecule has 0 aromatic heterocycles. The molecule has 1 N–H and O–H groups in total. The molecule has 0 aromatic rings. The Morgan fingerprint density at radius 2 is 2.10 bits per heavy atom. The van der Waals surface area contributed by atoms with Crippen molar-refractivity contribution in [3.05, 3.63) is 0 Å². The van der Waals surface area contributed by atoms with Crippen molar-refractivity contribution >= 4 is 5.78 Å². The number of hydrogen-bond acceptors (Lipinski definition) is 2. The molecule has 2 heteroatoms. The maximum Gasteiger partial charge on any atom is 0.137 e. The van der Waals surface area contributed by atoms with E-state index in [1.807, 2.05) is 7.05 Å². The van der Waals surface area contributed by atoms with Gasteiger partial charge in [0.05, 0.1) is 0 Å². The van der Waals surface area contributed by atoms with Gasteiger partial charge in [0.25, 0.3) is 0 Å². The second-order valence-corrected chi connectivity index (χ2v) is 3.21. The first kappa shape index (κ1) is 7.73. The van der Waals surface area contributed by atoms with Crippen LogP contribution in [0.3, 0.4) is 0 Å². The summed E-state index contributed by atoms with van der Waals surface area (Å²) in [5.41, 5.74) is 0. The predicted molar refractivity (Wildman–Crippen MR) is 40.8 cm³/mol. The van der Waals surface area contributed by atoms with Crippen molar-refractivity contribution in [3.8, 4) is 0 Å². The Labute approximate surface area is 62.0 Å². The first-order chi connectivity index (χ1) is 4.66. The van der Waals surface area contributed by atoms with Crippen LogP contribution in [-0.2, 0) is 4.79 Å². The molecule has 2 nitrogen and oxygen atoms in total. The zero-order chi connectivity index (χ0) is 7.72. The molecule has 0 saturated heterocycles. The Bertz CT molecular complexity index is 144. The Balaban J connectivity index is 2.34. The van der Waals surface area contributed by atoms with E-state index in [4.69, 9.17) is 0 Å². The van der Waals surface area contributed by atoms with Crippen LogP contribution in [0.15, 0.2) is 0 Å². The van der Waals surface area contributed by atoms with Crippen molar-refractivity contribution in [2.24, 2.45) is 11.8 Å². The van der Waals surface area contributed by atoms with Gasteiger partial charge in [0.15, 0.2) is 0 Å². The summed E-state index contributed by atoms with van der Waals surface area (Å²) in [7, 11) is 1.94. The average molecular weight is 141 g/mol. The van der Waals surface area contributed by atoms with E-state index in [1.165, 1.54) is 0 Å². The van der Waals surface area contributed by atoms with Crippen molar-refractivity contribution in [2.75, 3.05) is 7.05 Å². The predicted octanol–water partition coefficient (Wildman–Crippen LogP) is 0.819. The zero-order valence-corrected chi connectivity index (χ0v) is 6.85. The lowest BCUT2D eigenvalue weighted by atomic mass is 9.98. The summed E-state index contributed by atoms with van der Waals surface area (Å²) in [4.78, 5) is 10.7. The van der Waals surface area contributed by atoms with Crippen molar-refractivity contribution in [1.82, 2.24) is 5.32 Å². The van der Waals surface area contributed by atoms with Gasteiger partial charge < -0.3 is 5.32 Å². The van der Waals surface area contributed by atoms with Crippen LogP contribution in [0.4, 0.5) is 0 Å². The van der Waals surface area contributed by atoms with Gasteiger partial charge in [-0.3, -0.25) is 4.79 Å². The zero-order valence-electron chi connectivity index (χ0n) is 6.85. The van der Waals surface area contributed by atoms with E-state index in [9.17, 15) is 4.79 Å². The molecule has 3 unspecified atom stereocenters. The molecule has 0 heterocycles. The summed E-state index contributed by atoms with van der Waals surface area (Å²) in [6.45, 7) is 4.26. The number of hydrogen-bond donors (Lipinski definition) is 1. The van der Waals surface area contributed by atoms with E-state index in [0.717, 1.165) is 6.42 Å². The summed E-state index contributed by atoms with van der Waals surface area (Å²) in [5, 5.41) is 3.15. The molecule has 0 aromatic carbocycles. The monoisotopic (exact) mass is 141 g/mol. The Kier molecular flexibility index (Phi) is 2.09. The first-order valence-electron chi connectivity index (χ1n) is 3.86. The standard InChI is InChI=1S/C8H15NO/c1-5(6(2)9-3)7-4-8(7)10/h5-7,9H,4H2,1-3H3. The molecule has 3 atom stereocenters. The summed E-state index contributed by atoms with van der Waals surface area (Å²) in [5.74, 6) is 1.31. The maximum absolute atomic E-state index is 10.7. The highest BCUT2D eigenvalue weighted by Gasteiger charge is 2.40.